The lowest BCUT2D eigenvalue weighted by Gasteiger charge is -2.39. The molecule has 230 valence electrons. The van der Waals surface area contributed by atoms with Crippen LogP contribution in [-0.2, 0) is 10.8 Å². The fraction of sp³-hybridized carbons (Fsp3) is 0.111. The third-order valence-electron chi connectivity index (χ3n) is 10.0. The summed E-state index contributed by atoms with van der Waals surface area (Å²) in [5, 5.41) is 0. The van der Waals surface area contributed by atoms with Gasteiger partial charge in [-0.2, -0.15) is 0 Å². The van der Waals surface area contributed by atoms with E-state index in [1.54, 1.807) is 0 Å². The second kappa shape index (κ2) is 10.6. The lowest BCUT2D eigenvalue weighted by molar-refractivity contribution is 0.436. The van der Waals surface area contributed by atoms with Crippen LogP contribution < -0.4 is 4.74 Å². The van der Waals surface area contributed by atoms with Crippen LogP contribution in [0.15, 0.2) is 152 Å². The van der Waals surface area contributed by atoms with Crippen molar-refractivity contribution in [1.82, 2.24) is 9.97 Å². The Morgan fingerprint density at radius 1 is 0.500 bits per heavy atom. The molecule has 1 aliphatic carbocycles. The van der Waals surface area contributed by atoms with Crippen LogP contribution in [0.4, 0.5) is 0 Å². The number of aromatic nitrogens is 2. The maximum atomic E-state index is 6.55. The highest BCUT2D eigenvalue weighted by molar-refractivity contribution is 5.91. The van der Waals surface area contributed by atoms with E-state index in [1.807, 2.05) is 12.3 Å². The Bertz CT molecular complexity index is 2300. The van der Waals surface area contributed by atoms with Crippen molar-refractivity contribution in [2.75, 3.05) is 0 Å². The number of para-hydroxylation sites is 2. The zero-order chi connectivity index (χ0) is 32.5. The molecule has 0 radical (unpaired) electrons. The largest absolute Gasteiger partial charge is 0.457 e. The fourth-order valence-corrected chi connectivity index (χ4v) is 7.69. The zero-order valence-corrected chi connectivity index (χ0v) is 27.2. The molecule has 0 saturated heterocycles. The average molecular weight is 619 g/mol. The normalized spacial score (nSPS) is 13.6. The van der Waals surface area contributed by atoms with Gasteiger partial charge in [-0.3, -0.25) is 0 Å². The molecule has 0 amide bonds. The van der Waals surface area contributed by atoms with Crippen molar-refractivity contribution < 1.29 is 4.74 Å². The predicted octanol–water partition coefficient (Wildman–Crippen LogP) is 11.2. The van der Waals surface area contributed by atoms with Crippen LogP contribution in [0.2, 0.25) is 0 Å². The zero-order valence-electron chi connectivity index (χ0n) is 27.2. The lowest BCUT2D eigenvalue weighted by atomic mass is 9.66. The number of ether oxygens (including phenoxy) is 1. The molecule has 0 bridgehead atoms. The second-order valence-electron chi connectivity index (χ2n) is 13.8. The minimum Gasteiger partial charge on any atom is -0.457 e. The van der Waals surface area contributed by atoms with Crippen molar-refractivity contribution in [3.8, 4) is 56.4 Å². The van der Waals surface area contributed by atoms with Gasteiger partial charge in [0.1, 0.15) is 11.5 Å². The van der Waals surface area contributed by atoms with Crippen LogP contribution in [0.5, 0.6) is 11.5 Å². The van der Waals surface area contributed by atoms with Crippen molar-refractivity contribution in [1.29, 1.82) is 0 Å². The van der Waals surface area contributed by atoms with E-state index in [0.29, 0.717) is 0 Å². The Morgan fingerprint density at radius 2 is 1.08 bits per heavy atom. The third kappa shape index (κ3) is 4.21. The summed E-state index contributed by atoms with van der Waals surface area (Å²) in [5.41, 5.74) is 13.2. The molecule has 2 aliphatic rings. The van der Waals surface area contributed by atoms with Gasteiger partial charge in [0.2, 0.25) is 0 Å². The highest BCUT2D eigenvalue weighted by Gasteiger charge is 2.51. The average Bonchev–Trinajstić information content (AvgIpc) is 3.41. The Kier molecular flexibility index (Phi) is 6.29. The van der Waals surface area contributed by atoms with Crippen LogP contribution in [-0.4, -0.2) is 9.97 Å². The van der Waals surface area contributed by atoms with E-state index >= 15 is 0 Å². The first-order valence-corrected chi connectivity index (χ1v) is 16.6. The summed E-state index contributed by atoms with van der Waals surface area (Å²) in [6.45, 7) is 6.70. The van der Waals surface area contributed by atoms with Gasteiger partial charge in [-0.15, -0.1) is 0 Å². The molecule has 3 heteroatoms. The van der Waals surface area contributed by atoms with E-state index in [1.165, 1.54) is 27.8 Å². The molecule has 9 rings (SSSR count). The van der Waals surface area contributed by atoms with Crippen LogP contribution >= 0.6 is 0 Å². The fourth-order valence-electron chi connectivity index (χ4n) is 7.69. The van der Waals surface area contributed by atoms with E-state index in [9.17, 15) is 0 Å². The van der Waals surface area contributed by atoms with Gasteiger partial charge in [-0.25, -0.2) is 9.97 Å². The Morgan fingerprint density at radius 3 is 1.77 bits per heavy atom. The number of hydrogen-bond acceptors (Lipinski definition) is 3. The summed E-state index contributed by atoms with van der Waals surface area (Å²) in [4.78, 5) is 10.2. The van der Waals surface area contributed by atoms with Crippen molar-refractivity contribution in [3.63, 3.8) is 0 Å². The minimum atomic E-state index is -0.532. The maximum absolute atomic E-state index is 6.55. The van der Waals surface area contributed by atoms with Gasteiger partial charge in [0, 0.05) is 34.0 Å². The lowest BCUT2D eigenvalue weighted by Crippen LogP contribution is -2.32. The Hall–Kier alpha value is -5.80. The molecule has 7 aromatic rings. The van der Waals surface area contributed by atoms with E-state index in [0.717, 1.165) is 56.4 Å². The molecular formula is C45H34N2O. The first-order valence-electron chi connectivity index (χ1n) is 16.6. The molecular weight excluding hydrogens is 585 g/mol. The molecule has 0 unspecified atom stereocenters. The highest BCUT2D eigenvalue weighted by Crippen LogP contribution is 2.62. The topological polar surface area (TPSA) is 35.0 Å². The molecule has 0 saturated carbocycles. The summed E-state index contributed by atoms with van der Waals surface area (Å²) in [5.74, 6) is 2.49. The minimum absolute atomic E-state index is 0.0779. The van der Waals surface area contributed by atoms with E-state index < -0.39 is 5.41 Å². The molecule has 2 heterocycles. The molecule has 1 spiro atoms. The Labute approximate surface area is 281 Å². The van der Waals surface area contributed by atoms with Gasteiger partial charge in [-0.1, -0.05) is 148 Å². The van der Waals surface area contributed by atoms with Crippen LogP contribution in [0.3, 0.4) is 0 Å². The van der Waals surface area contributed by atoms with Crippen molar-refractivity contribution in [2.24, 2.45) is 0 Å². The van der Waals surface area contributed by atoms with Crippen LogP contribution in [0, 0.1) is 0 Å². The first kappa shape index (κ1) is 28.4. The van der Waals surface area contributed by atoms with Crippen molar-refractivity contribution in [3.05, 3.63) is 180 Å². The van der Waals surface area contributed by atoms with Gasteiger partial charge < -0.3 is 4.74 Å². The van der Waals surface area contributed by atoms with E-state index in [-0.39, 0.29) is 5.41 Å². The summed E-state index contributed by atoms with van der Waals surface area (Å²) < 4.78 is 6.55. The summed E-state index contributed by atoms with van der Waals surface area (Å²) in [7, 11) is 0. The molecule has 0 atom stereocenters. The number of fused-ring (bicyclic) bond motifs is 9. The van der Waals surface area contributed by atoms with Crippen molar-refractivity contribution in [2.45, 2.75) is 31.6 Å². The number of benzene rings is 6. The Balaban J connectivity index is 1.28. The molecule has 3 nitrogen and oxygen atoms in total. The molecule has 1 aromatic heterocycles. The van der Waals surface area contributed by atoms with Gasteiger partial charge in [0.25, 0.3) is 0 Å². The molecule has 0 fully saturated rings. The smallest absolute Gasteiger partial charge is 0.159 e. The second-order valence-corrected chi connectivity index (χ2v) is 13.8. The predicted molar refractivity (Wildman–Crippen MR) is 194 cm³/mol. The SMILES string of the molecule is CC(C)(C)c1ccc(-c2ncc(-c3ccc4c(c3)C3(c5ccccc5Oc5ccccc53)c3ccccc3-4)c(-c3ccccc3)n2)cc1. The summed E-state index contributed by atoms with van der Waals surface area (Å²) >= 11 is 0. The van der Waals surface area contributed by atoms with Gasteiger partial charge in [-0.05, 0) is 57.0 Å². The number of hydrogen-bond donors (Lipinski definition) is 0. The highest BCUT2D eigenvalue weighted by atomic mass is 16.5. The monoisotopic (exact) mass is 618 g/mol. The standard InChI is InChI=1S/C45H34N2O/c1-44(2,3)32-24-21-30(22-25-32)43-46-28-35(42(47-43)29-13-5-4-6-14-29)31-23-26-34-33-15-7-8-16-36(33)45(39(34)27-31)37-17-9-11-19-40(37)48-41-20-12-10-18-38(41)45/h4-28H,1-3H3. The molecule has 6 aromatic carbocycles. The van der Waals surface area contributed by atoms with E-state index in [2.05, 4.69) is 160 Å². The summed E-state index contributed by atoms with van der Waals surface area (Å²) in [6, 6.07) is 51.8. The molecule has 1 aliphatic heterocycles. The van der Waals surface area contributed by atoms with Crippen molar-refractivity contribution >= 4 is 0 Å². The van der Waals surface area contributed by atoms with E-state index in [4.69, 9.17) is 14.7 Å². The van der Waals surface area contributed by atoms with Gasteiger partial charge in [0.05, 0.1) is 11.1 Å². The number of nitrogens with zero attached hydrogens (tertiary/aromatic N) is 2. The molecule has 0 N–H and O–H groups in total. The molecule has 48 heavy (non-hydrogen) atoms. The maximum Gasteiger partial charge on any atom is 0.159 e. The van der Waals surface area contributed by atoms with Crippen LogP contribution in [0.1, 0.15) is 48.6 Å². The number of rotatable bonds is 3. The van der Waals surface area contributed by atoms with Crippen LogP contribution in [0.25, 0.3) is 44.9 Å². The third-order valence-corrected chi connectivity index (χ3v) is 10.0. The van der Waals surface area contributed by atoms with Gasteiger partial charge >= 0.3 is 0 Å². The quantitative estimate of drug-likeness (QED) is 0.198. The van der Waals surface area contributed by atoms with Gasteiger partial charge in [0.15, 0.2) is 5.82 Å². The first-order chi connectivity index (χ1) is 23.4. The summed E-state index contributed by atoms with van der Waals surface area (Å²) in [6.07, 6.45) is 2.00.